The highest BCUT2D eigenvalue weighted by molar-refractivity contribution is 5.76. The number of nitrogens with one attached hydrogen (secondary N) is 1. The standard InChI is InChI=1S/C18H28N2O/c1-3-13-5-7-14(8-6-13)17(4-2)20-16-11-9-15(10-12-16)18(19)21/h5-8,15-17,20H,3-4,9-12H2,1-2H3,(H2,19,21). The van der Waals surface area contributed by atoms with E-state index in [1.807, 2.05) is 0 Å². The van der Waals surface area contributed by atoms with Crippen molar-refractivity contribution >= 4 is 5.91 Å². The predicted octanol–water partition coefficient (Wildman–Crippen LogP) is 3.33. The van der Waals surface area contributed by atoms with E-state index in [1.54, 1.807) is 0 Å². The maximum atomic E-state index is 11.2. The van der Waals surface area contributed by atoms with Crippen LogP contribution in [0.4, 0.5) is 0 Å². The van der Waals surface area contributed by atoms with Crippen molar-refractivity contribution in [3.63, 3.8) is 0 Å². The summed E-state index contributed by atoms with van der Waals surface area (Å²) in [6, 6.07) is 9.86. The zero-order chi connectivity index (χ0) is 15.2. The Morgan fingerprint density at radius 2 is 1.81 bits per heavy atom. The molecule has 1 unspecified atom stereocenters. The van der Waals surface area contributed by atoms with Crippen LogP contribution >= 0.6 is 0 Å². The lowest BCUT2D eigenvalue weighted by atomic mass is 9.85. The second kappa shape index (κ2) is 7.60. The average molecular weight is 288 g/mol. The molecule has 3 heteroatoms. The highest BCUT2D eigenvalue weighted by atomic mass is 16.1. The van der Waals surface area contributed by atoms with Crippen LogP contribution in [0.5, 0.6) is 0 Å². The number of aryl methyl sites for hydroxylation is 1. The summed E-state index contributed by atoms with van der Waals surface area (Å²) >= 11 is 0. The lowest BCUT2D eigenvalue weighted by molar-refractivity contribution is -0.122. The molecule has 3 nitrogen and oxygen atoms in total. The van der Waals surface area contributed by atoms with Gasteiger partial charge in [0.2, 0.25) is 5.91 Å². The lowest BCUT2D eigenvalue weighted by Crippen LogP contribution is -2.38. The SMILES string of the molecule is CCc1ccc(C(CC)NC2CCC(C(N)=O)CC2)cc1. The van der Waals surface area contributed by atoms with Gasteiger partial charge in [0.05, 0.1) is 0 Å². The van der Waals surface area contributed by atoms with E-state index in [9.17, 15) is 4.79 Å². The highest BCUT2D eigenvalue weighted by Crippen LogP contribution is 2.27. The zero-order valence-electron chi connectivity index (χ0n) is 13.3. The Labute approximate surface area is 128 Å². The van der Waals surface area contributed by atoms with Crippen molar-refractivity contribution in [1.82, 2.24) is 5.32 Å². The molecule has 1 aromatic rings. The second-order valence-corrected chi connectivity index (χ2v) is 6.17. The number of carbonyl (C=O) groups excluding carboxylic acids is 1. The van der Waals surface area contributed by atoms with Crippen LogP contribution in [-0.4, -0.2) is 11.9 Å². The number of rotatable bonds is 6. The molecule has 0 aromatic heterocycles. The van der Waals surface area contributed by atoms with E-state index in [0.717, 1.165) is 38.5 Å². The molecule has 1 aliphatic rings. The smallest absolute Gasteiger partial charge is 0.220 e. The second-order valence-electron chi connectivity index (χ2n) is 6.17. The third-order valence-electron chi connectivity index (χ3n) is 4.77. The van der Waals surface area contributed by atoms with Gasteiger partial charge in [-0.05, 0) is 49.7 Å². The minimum absolute atomic E-state index is 0.0898. The Morgan fingerprint density at radius 3 is 2.29 bits per heavy atom. The van der Waals surface area contributed by atoms with E-state index in [0.29, 0.717) is 12.1 Å². The van der Waals surface area contributed by atoms with Crippen LogP contribution in [-0.2, 0) is 11.2 Å². The van der Waals surface area contributed by atoms with Crippen molar-refractivity contribution in [1.29, 1.82) is 0 Å². The number of hydrogen-bond donors (Lipinski definition) is 2. The van der Waals surface area contributed by atoms with E-state index in [1.165, 1.54) is 11.1 Å². The minimum Gasteiger partial charge on any atom is -0.369 e. The fraction of sp³-hybridized carbons (Fsp3) is 0.611. The van der Waals surface area contributed by atoms with Crippen LogP contribution < -0.4 is 11.1 Å². The van der Waals surface area contributed by atoms with Crippen LogP contribution in [0.3, 0.4) is 0 Å². The molecular formula is C18H28N2O. The first-order valence-electron chi connectivity index (χ1n) is 8.28. The summed E-state index contributed by atoms with van der Waals surface area (Å²) in [5.41, 5.74) is 8.15. The molecule has 21 heavy (non-hydrogen) atoms. The largest absolute Gasteiger partial charge is 0.369 e. The molecule has 1 saturated carbocycles. The first-order valence-corrected chi connectivity index (χ1v) is 8.28. The van der Waals surface area contributed by atoms with Crippen LogP contribution in [0.2, 0.25) is 0 Å². The van der Waals surface area contributed by atoms with Gasteiger partial charge in [-0.2, -0.15) is 0 Å². The number of primary amides is 1. The molecule has 1 atom stereocenters. The molecule has 0 bridgehead atoms. The molecule has 0 saturated heterocycles. The van der Waals surface area contributed by atoms with Crippen molar-refractivity contribution in [2.45, 2.75) is 64.5 Å². The Kier molecular flexibility index (Phi) is 5.80. The van der Waals surface area contributed by atoms with Crippen molar-refractivity contribution in [2.75, 3.05) is 0 Å². The summed E-state index contributed by atoms with van der Waals surface area (Å²) in [7, 11) is 0. The number of amides is 1. The van der Waals surface area contributed by atoms with Crippen molar-refractivity contribution in [3.05, 3.63) is 35.4 Å². The molecule has 0 heterocycles. The predicted molar refractivity (Wildman–Crippen MR) is 86.9 cm³/mol. The molecule has 1 aromatic carbocycles. The fourth-order valence-corrected chi connectivity index (χ4v) is 3.26. The summed E-state index contributed by atoms with van der Waals surface area (Å²) in [5, 5.41) is 3.77. The van der Waals surface area contributed by atoms with Gasteiger partial charge in [-0.15, -0.1) is 0 Å². The number of carbonyl (C=O) groups is 1. The normalized spacial score (nSPS) is 23.7. The molecule has 1 amide bonds. The first-order chi connectivity index (χ1) is 10.1. The van der Waals surface area contributed by atoms with Gasteiger partial charge in [-0.1, -0.05) is 38.1 Å². The highest BCUT2D eigenvalue weighted by Gasteiger charge is 2.26. The van der Waals surface area contributed by atoms with Gasteiger partial charge in [0.25, 0.3) is 0 Å². The average Bonchev–Trinajstić information content (AvgIpc) is 2.53. The Balaban J connectivity index is 1.91. The van der Waals surface area contributed by atoms with Gasteiger partial charge in [0.15, 0.2) is 0 Å². The number of benzene rings is 1. The molecule has 0 aliphatic heterocycles. The van der Waals surface area contributed by atoms with Gasteiger partial charge in [0.1, 0.15) is 0 Å². The van der Waals surface area contributed by atoms with Gasteiger partial charge in [-0.3, -0.25) is 4.79 Å². The molecule has 1 aliphatic carbocycles. The van der Waals surface area contributed by atoms with Gasteiger partial charge >= 0.3 is 0 Å². The molecule has 0 spiro atoms. The Bertz CT molecular complexity index is 447. The topological polar surface area (TPSA) is 55.1 Å². The van der Waals surface area contributed by atoms with Gasteiger partial charge in [0, 0.05) is 18.0 Å². The Hall–Kier alpha value is -1.35. The summed E-state index contributed by atoms with van der Waals surface area (Å²) in [6.45, 7) is 4.40. The third-order valence-corrected chi connectivity index (χ3v) is 4.77. The van der Waals surface area contributed by atoms with Gasteiger partial charge < -0.3 is 11.1 Å². The molecule has 0 radical (unpaired) electrons. The van der Waals surface area contributed by atoms with E-state index in [2.05, 4.69) is 43.4 Å². The third kappa shape index (κ3) is 4.31. The van der Waals surface area contributed by atoms with Crippen molar-refractivity contribution in [3.8, 4) is 0 Å². The van der Waals surface area contributed by atoms with Gasteiger partial charge in [-0.25, -0.2) is 0 Å². The van der Waals surface area contributed by atoms with Crippen molar-refractivity contribution < 1.29 is 4.79 Å². The molecule has 1 fully saturated rings. The molecule has 3 N–H and O–H groups in total. The summed E-state index contributed by atoms with van der Waals surface area (Å²) in [5.74, 6) is -0.0392. The fourth-order valence-electron chi connectivity index (χ4n) is 3.26. The van der Waals surface area contributed by atoms with Crippen LogP contribution in [0, 0.1) is 5.92 Å². The Morgan fingerprint density at radius 1 is 1.19 bits per heavy atom. The van der Waals surface area contributed by atoms with Crippen LogP contribution in [0.25, 0.3) is 0 Å². The maximum Gasteiger partial charge on any atom is 0.220 e. The molecular weight excluding hydrogens is 260 g/mol. The summed E-state index contributed by atoms with van der Waals surface area (Å²) in [6.07, 6.45) is 6.13. The number of hydrogen-bond acceptors (Lipinski definition) is 2. The van der Waals surface area contributed by atoms with E-state index in [4.69, 9.17) is 5.73 Å². The lowest BCUT2D eigenvalue weighted by Gasteiger charge is -2.31. The monoisotopic (exact) mass is 288 g/mol. The zero-order valence-corrected chi connectivity index (χ0v) is 13.3. The van der Waals surface area contributed by atoms with E-state index < -0.39 is 0 Å². The summed E-state index contributed by atoms with van der Waals surface area (Å²) in [4.78, 5) is 11.2. The quantitative estimate of drug-likeness (QED) is 0.843. The first kappa shape index (κ1) is 16.0. The minimum atomic E-state index is -0.129. The summed E-state index contributed by atoms with van der Waals surface area (Å²) < 4.78 is 0. The van der Waals surface area contributed by atoms with E-state index >= 15 is 0 Å². The van der Waals surface area contributed by atoms with Crippen LogP contribution in [0.1, 0.15) is 63.1 Å². The number of nitrogens with two attached hydrogens (primary N) is 1. The van der Waals surface area contributed by atoms with Crippen molar-refractivity contribution in [2.24, 2.45) is 11.7 Å². The maximum absolute atomic E-state index is 11.2. The molecule has 116 valence electrons. The van der Waals surface area contributed by atoms with E-state index in [-0.39, 0.29) is 11.8 Å². The van der Waals surface area contributed by atoms with Crippen LogP contribution in [0.15, 0.2) is 24.3 Å². The molecule has 2 rings (SSSR count).